The molecule has 4 rings (SSSR count). The Balaban J connectivity index is 1.65. The number of hydrogen-bond acceptors (Lipinski definition) is 6. The number of alkyl halides is 3. The molecule has 3 heterocycles. The molecule has 1 N–H and O–H groups in total. The predicted octanol–water partition coefficient (Wildman–Crippen LogP) is 2.41. The van der Waals surface area contributed by atoms with Gasteiger partial charge in [-0.15, -0.1) is 5.10 Å². The number of halogens is 3. The molecule has 0 saturated carbocycles. The van der Waals surface area contributed by atoms with Crippen LogP contribution in [0.4, 0.5) is 13.2 Å². The average molecular weight is 407 g/mol. The Morgan fingerprint density at radius 3 is 2.62 bits per heavy atom. The smallest absolute Gasteiger partial charge is 0.390 e. The van der Waals surface area contributed by atoms with E-state index < -0.39 is 11.7 Å². The van der Waals surface area contributed by atoms with Crippen LogP contribution in [0.25, 0.3) is 11.3 Å². The summed E-state index contributed by atoms with van der Waals surface area (Å²) in [6, 6.07) is 4.39. The highest BCUT2D eigenvalue weighted by molar-refractivity contribution is 6.00. The zero-order valence-electron chi connectivity index (χ0n) is 15.3. The van der Waals surface area contributed by atoms with Crippen LogP contribution in [-0.2, 0) is 25.9 Å². The van der Waals surface area contributed by atoms with Crippen LogP contribution >= 0.6 is 0 Å². The van der Waals surface area contributed by atoms with Gasteiger partial charge in [0, 0.05) is 12.1 Å². The second kappa shape index (κ2) is 6.99. The molecule has 0 unspecified atom stereocenters. The van der Waals surface area contributed by atoms with Crippen LogP contribution in [0.15, 0.2) is 28.8 Å². The first-order chi connectivity index (χ1) is 13.8. The van der Waals surface area contributed by atoms with Gasteiger partial charge in [0.2, 0.25) is 0 Å². The minimum Gasteiger partial charge on any atom is -0.390 e. The lowest BCUT2D eigenvalue weighted by atomic mass is 10.0. The van der Waals surface area contributed by atoms with E-state index in [-0.39, 0.29) is 36.1 Å². The minimum absolute atomic E-state index is 0.181. The number of aromatic nitrogens is 4. The van der Waals surface area contributed by atoms with Gasteiger partial charge in [-0.2, -0.15) is 13.2 Å². The van der Waals surface area contributed by atoms with Gasteiger partial charge < -0.3 is 14.5 Å². The van der Waals surface area contributed by atoms with E-state index in [1.807, 2.05) is 0 Å². The number of carbonyl (C=O) groups is 1. The summed E-state index contributed by atoms with van der Waals surface area (Å²) in [6.07, 6.45) is -4.45. The van der Waals surface area contributed by atoms with Gasteiger partial charge in [0.1, 0.15) is 22.7 Å². The Morgan fingerprint density at radius 1 is 1.24 bits per heavy atom. The summed E-state index contributed by atoms with van der Waals surface area (Å²) in [6.45, 7) is 2.24. The summed E-state index contributed by atoms with van der Waals surface area (Å²) in [4.78, 5) is 14.7. The summed E-state index contributed by atoms with van der Waals surface area (Å²) in [5, 5.41) is 21.1. The van der Waals surface area contributed by atoms with Crippen LogP contribution in [0, 0.1) is 6.92 Å². The van der Waals surface area contributed by atoms with E-state index in [1.165, 1.54) is 12.1 Å². The maximum atomic E-state index is 13.2. The highest BCUT2D eigenvalue weighted by Gasteiger charge is 2.32. The van der Waals surface area contributed by atoms with Gasteiger partial charge in [-0.3, -0.25) is 4.79 Å². The molecule has 0 fully saturated rings. The van der Waals surface area contributed by atoms with Crippen LogP contribution in [0.5, 0.6) is 0 Å². The predicted molar refractivity (Wildman–Crippen MR) is 92.4 cm³/mol. The SMILES string of the molecule is Cc1onc(-c2ccc(C(F)(F)F)cc2)c1C(=O)N1CCn2nnc(CO)c2C1. The normalized spacial score (nSPS) is 14.2. The maximum absolute atomic E-state index is 13.2. The number of benzene rings is 1. The molecular formula is C18H16F3N5O3. The summed E-state index contributed by atoms with van der Waals surface area (Å²) in [5.74, 6) is -0.0977. The summed E-state index contributed by atoms with van der Waals surface area (Å²) in [5.41, 5.74) is 0.961. The number of nitrogens with zero attached hydrogens (tertiary/aromatic N) is 5. The molecule has 1 amide bonds. The molecular weight excluding hydrogens is 391 g/mol. The average Bonchev–Trinajstić information content (AvgIpc) is 3.29. The maximum Gasteiger partial charge on any atom is 0.416 e. The Labute approximate surface area is 162 Å². The molecule has 0 atom stereocenters. The van der Waals surface area contributed by atoms with E-state index in [4.69, 9.17) is 4.52 Å². The summed E-state index contributed by atoms with van der Waals surface area (Å²) in [7, 11) is 0. The topological polar surface area (TPSA) is 97.3 Å². The third-order valence-electron chi connectivity index (χ3n) is 4.84. The van der Waals surface area contributed by atoms with E-state index in [9.17, 15) is 23.1 Å². The quantitative estimate of drug-likeness (QED) is 0.716. The van der Waals surface area contributed by atoms with Crippen molar-refractivity contribution >= 4 is 5.91 Å². The van der Waals surface area contributed by atoms with Crippen molar-refractivity contribution in [2.75, 3.05) is 6.54 Å². The number of fused-ring (bicyclic) bond motifs is 1. The van der Waals surface area contributed by atoms with Gasteiger partial charge in [0.15, 0.2) is 0 Å². The van der Waals surface area contributed by atoms with Gasteiger partial charge in [-0.25, -0.2) is 4.68 Å². The number of hydrogen-bond donors (Lipinski definition) is 1. The molecule has 29 heavy (non-hydrogen) atoms. The summed E-state index contributed by atoms with van der Waals surface area (Å²) < 4.78 is 45.2. The molecule has 0 radical (unpaired) electrons. The van der Waals surface area contributed by atoms with Crippen LogP contribution < -0.4 is 0 Å². The second-order valence-electron chi connectivity index (χ2n) is 6.63. The molecule has 152 valence electrons. The van der Waals surface area contributed by atoms with Gasteiger partial charge in [-0.1, -0.05) is 22.5 Å². The zero-order chi connectivity index (χ0) is 20.8. The van der Waals surface area contributed by atoms with Gasteiger partial charge in [-0.05, 0) is 19.1 Å². The van der Waals surface area contributed by atoms with Gasteiger partial charge >= 0.3 is 6.18 Å². The molecule has 0 bridgehead atoms. The lowest BCUT2D eigenvalue weighted by Crippen LogP contribution is -2.39. The van der Waals surface area contributed by atoms with Gasteiger partial charge in [0.05, 0.1) is 31.0 Å². The molecule has 0 saturated heterocycles. The number of carbonyl (C=O) groups excluding carboxylic acids is 1. The first-order valence-corrected chi connectivity index (χ1v) is 8.75. The number of aliphatic hydroxyl groups is 1. The van der Waals surface area contributed by atoms with Crippen LogP contribution in [-0.4, -0.2) is 42.6 Å². The van der Waals surface area contributed by atoms with Crippen molar-refractivity contribution in [1.29, 1.82) is 0 Å². The van der Waals surface area contributed by atoms with Crippen LogP contribution in [0.2, 0.25) is 0 Å². The first-order valence-electron chi connectivity index (χ1n) is 8.75. The first kappa shape index (κ1) is 19.1. The fourth-order valence-electron chi connectivity index (χ4n) is 3.29. The van der Waals surface area contributed by atoms with E-state index in [1.54, 1.807) is 16.5 Å². The molecule has 3 aromatic rings. The van der Waals surface area contributed by atoms with Crippen molar-refractivity contribution in [2.45, 2.75) is 32.8 Å². The fraction of sp³-hybridized carbons (Fsp3) is 0.333. The molecule has 1 aromatic carbocycles. The lowest BCUT2D eigenvalue weighted by molar-refractivity contribution is -0.137. The van der Waals surface area contributed by atoms with Crippen molar-refractivity contribution in [3.63, 3.8) is 0 Å². The molecule has 1 aliphatic rings. The Hall–Kier alpha value is -3.21. The fourth-order valence-corrected chi connectivity index (χ4v) is 3.29. The Kier molecular flexibility index (Phi) is 4.61. The summed E-state index contributed by atoms with van der Waals surface area (Å²) >= 11 is 0. The van der Waals surface area contributed by atoms with Crippen molar-refractivity contribution < 1.29 is 27.6 Å². The van der Waals surface area contributed by atoms with E-state index in [0.29, 0.717) is 30.0 Å². The number of aryl methyl sites for hydroxylation is 1. The monoisotopic (exact) mass is 407 g/mol. The largest absolute Gasteiger partial charge is 0.416 e. The van der Waals surface area contributed by atoms with Crippen molar-refractivity contribution in [3.8, 4) is 11.3 Å². The number of amides is 1. The number of aliphatic hydroxyl groups excluding tert-OH is 1. The standard InChI is InChI=1S/C18H16F3N5O3/c1-10-15(16(23-29-10)11-2-4-12(5-3-11)18(19,20)21)17(28)25-6-7-26-14(8-25)13(9-27)22-24-26/h2-5,27H,6-9H2,1H3. The molecule has 0 spiro atoms. The van der Waals surface area contributed by atoms with Crippen LogP contribution in [0.3, 0.4) is 0 Å². The van der Waals surface area contributed by atoms with E-state index in [0.717, 1.165) is 12.1 Å². The van der Waals surface area contributed by atoms with E-state index in [2.05, 4.69) is 15.5 Å². The van der Waals surface area contributed by atoms with E-state index >= 15 is 0 Å². The highest BCUT2D eigenvalue weighted by atomic mass is 19.4. The lowest BCUT2D eigenvalue weighted by Gasteiger charge is -2.27. The van der Waals surface area contributed by atoms with Crippen molar-refractivity contribution in [3.05, 3.63) is 52.5 Å². The number of rotatable bonds is 3. The Bertz CT molecular complexity index is 1040. The Morgan fingerprint density at radius 2 is 1.97 bits per heavy atom. The second-order valence-corrected chi connectivity index (χ2v) is 6.63. The molecule has 11 heteroatoms. The minimum atomic E-state index is -4.45. The van der Waals surface area contributed by atoms with Crippen molar-refractivity contribution in [2.24, 2.45) is 0 Å². The van der Waals surface area contributed by atoms with Crippen molar-refractivity contribution in [1.82, 2.24) is 25.1 Å². The molecule has 1 aliphatic heterocycles. The third kappa shape index (κ3) is 3.37. The van der Waals surface area contributed by atoms with Crippen LogP contribution in [0.1, 0.15) is 33.1 Å². The van der Waals surface area contributed by atoms with Gasteiger partial charge in [0.25, 0.3) is 5.91 Å². The third-order valence-corrected chi connectivity index (χ3v) is 4.84. The highest BCUT2D eigenvalue weighted by Crippen LogP contribution is 2.33. The molecule has 0 aliphatic carbocycles. The zero-order valence-corrected chi connectivity index (χ0v) is 15.3. The molecule has 2 aromatic heterocycles. The molecule has 8 nitrogen and oxygen atoms in total.